The Morgan fingerprint density at radius 1 is 1.07 bits per heavy atom. The van der Waals surface area contributed by atoms with Gasteiger partial charge in [-0.15, -0.1) is 11.3 Å². The summed E-state index contributed by atoms with van der Waals surface area (Å²) in [5.41, 5.74) is 1.57. The lowest BCUT2D eigenvalue weighted by atomic mass is 10.2. The summed E-state index contributed by atoms with van der Waals surface area (Å²) in [5.74, 6) is 2.53. The summed E-state index contributed by atoms with van der Waals surface area (Å²) in [6, 6.07) is 7.47. The molecule has 3 rings (SSSR count). The van der Waals surface area contributed by atoms with E-state index in [0.717, 1.165) is 21.8 Å². The number of benzene rings is 1. The number of nitrogens with zero attached hydrogens (tertiary/aromatic N) is 3. The van der Waals surface area contributed by atoms with Gasteiger partial charge in [0.1, 0.15) is 11.4 Å². The lowest BCUT2D eigenvalue weighted by Gasteiger charge is -2.12. The highest BCUT2D eigenvalue weighted by molar-refractivity contribution is 7.07. The van der Waals surface area contributed by atoms with Crippen LogP contribution in [0.4, 0.5) is 0 Å². The molecule has 2 heterocycles. The molecule has 2 aromatic heterocycles. The van der Waals surface area contributed by atoms with Crippen LogP contribution in [0.2, 0.25) is 0 Å². The van der Waals surface area contributed by atoms with Gasteiger partial charge in [-0.3, -0.25) is 4.99 Å². The molecule has 0 bridgehead atoms. The second-order valence-corrected chi connectivity index (χ2v) is 6.95. The van der Waals surface area contributed by atoms with Crippen LogP contribution in [0.15, 0.2) is 50.4 Å². The normalized spacial score (nSPS) is 12.1. The average Bonchev–Trinajstić information content (AvgIpc) is 3.35. The number of thiazole rings is 1. The third-order valence-electron chi connectivity index (χ3n) is 3.88. The summed E-state index contributed by atoms with van der Waals surface area (Å²) >= 11 is 1.51. The van der Waals surface area contributed by atoms with E-state index in [1.165, 1.54) is 11.3 Å². The van der Waals surface area contributed by atoms with Crippen LogP contribution < -0.4 is 19.0 Å². The maximum absolute atomic E-state index is 5.55. The van der Waals surface area contributed by atoms with Crippen LogP contribution in [0, 0.1) is 0 Å². The number of aromatic nitrogens is 1. The Balaban J connectivity index is 2.11. The number of furan rings is 1. The van der Waals surface area contributed by atoms with Gasteiger partial charge in [0.05, 0.1) is 33.8 Å². The highest BCUT2D eigenvalue weighted by Crippen LogP contribution is 2.33. The molecule has 0 spiro atoms. The number of methoxy groups -OCH3 is 3. The van der Waals surface area contributed by atoms with E-state index in [4.69, 9.17) is 18.6 Å². The van der Waals surface area contributed by atoms with Crippen molar-refractivity contribution in [2.75, 3.05) is 21.3 Å². The van der Waals surface area contributed by atoms with Crippen LogP contribution in [0.25, 0.3) is 11.5 Å². The van der Waals surface area contributed by atoms with Gasteiger partial charge < -0.3 is 18.6 Å². The molecule has 0 amide bonds. The van der Waals surface area contributed by atoms with Crippen molar-refractivity contribution in [1.82, 2.24) is 4.68 Å². The van der Waals surface area contributed by atoms with Crippen molar-refractivity contribution >= 4 is 17.6 Å². The number of hydrogen-bond acceptors (Lipinski definition) is 7. The predicted molar refractivity (Wildman–Crippen MR) is 110 cm³/mol. The van der Waals surface area contributed by atoms with Crippen molar-refractivity contribution in [2.45, 2.75) is 19.9 Å². The number of rotatable bonds is 7. The third kappa shape index (κ3) is 4.12. The molecule has 0 atom stereocenters. The van der Waals surface area contributed by atoms with E-state index in [1.807, 2.05) is 37.4 Å². The Kier molecular flexibility index (Phi) is 6.20. The lowest BCUT2D eigenvalue weighted by Crippen LogP contribution is -2.14. The van der Waals surface area contributed by atoms with E-state index in [0.29, 0.717) is 17.2 Å². The maximum atomic E-state index is 5.55. The van der Waals surface area contributed by atoms with Gasteiger partial charge in [-0.2, -0.15) is 5.10 Å². The molecular weight excluding hydrogens is 378 g/mol. The van der Waals surface area contributed by atoms with Gasteiger partial charge in [-0.05, 0) is 32.0 Å². The SMILES string of the molecule is COc1cc(OC)c(OC)cc1C=Nn1c(-c2ccco2)csc1=NC(C)C. The fraction of sp³-hybridized carbons (Fsp3) is 0.300. The quantitative estimate of drug-likeness (QED) is 0.561. The second kappa shape index (κ2) is 8.79. The molecule has 8 heteroatoms. The van der Waals surface area contributed by atoms with E-state index in [-0.39, 0.29) is 6.04 Å². The van der Waals surface area contributed by atoms with E-state index in [1.54, 1.807) is 44.5 Å². The maximum Gasteiger partial charge on any atom is 0.206 e. The summed E-state index contributed by atoms with van der Waals surface area (Å²) < 4.78 is 23.5. The van der Waals surface area contributed by atoms with Crippen LogP contribution in [-0.4, -0.2) is 38.3 Å². The predicted octanol–water partition coefficient (Wildman–Crippen LogP) is 4.03. The van der Waals surface area contributed by atoms with Crippen molar-refractivity contribution in [3.05, 3.63) is 46.3 Å². The molecule has 0 aliphatic heterocycles. The first-order valence-corrected chi connectivity index (χ1v) is 9.58. The van der Waals surface area contributed by atoms with E-state index in [9.17, 15) is 0 Å². The minimum Gasteiger partial charge on any atom is -0.496 e. The van der Waals surface area contributed by atoms with E-state index in [2.05, 4.69) is 10.1 Å². The Morgan fingerprint density at radius 3 is 2.39 bits per heavy atom. The van der Waals surface area contributed by atoms with Crippen LogP contribution >= 0.6 is 11.3 Å². The molecule has 148 valence electrons. The highest BCUT2D eigenvalue weighted by Gasteiger charge is 2.13. The molecule has 0 unspecified atom stereocenters. The Bertz CT molecular complexity index is 1020. The minimum absolute atomic E-state index is 0.139. The van der Waals surface area contributed by atoms with Crippen molar-refractivity contribution in [2.24, 2.45) is 10.1 Å². The fourth-order valence-corrected chi connectivity index (χ4v) is 3.54. The number of ether oxygens (including phenoxy) is 3. The largest absolute Gasteiger partial charge is 0.496 e. The molecule has 3 aromatic rings. The molecule has 0 radical (unpaired) electrons. The number of hydrogen-bond donors (Lipinski definition) is 0. The fourth-order valence-electron chi connectivity index (χ4n) is 2.59. The lowest BCUT2D eigenvalue weighted by molar-refractivity contribution is 0.349. The van der Waals surface area contributed by atoms with Crippen LogP contribution in [-0.2, 0) is 0 Å². The summed E-state index contributed by atoms with van der Waals surface area (Å²) in [6.07, 6.45) is 3.34. The summed E-state index contributed by atoms with van der Waals surface area (Å²) in [7, 11) is 4.78. The van der Waals surface area contributed by atoms with Crippen molar-refractivity contribution in [1.29, 1.82) is 0 Å². The molecule has 28 heavy (non-hydrogen) atoms. The highest BCUT2D eigenvalue weighted by atomic mass is 32.1. The van der Waals surface area contributed by atoms with Gasteiger partial charge in [-0.25, -0.2) is 4.68 Å². The van der Waals surface area contributed by atoms with Crippen molar-refractivity contribution in [3.8, 4) is 28.7 Å². The van der Waals surface area contributed by atoms with E-state index < -0.39 is 0 Å². The van der Waals surface area contributed by atoms with Crippen molar-refractivity contribution in [3.63, 3.8) is 0 Å². The second-order valence-electron chi connectivity index (χ2n) is 6.11. The monoisotopic (exact) mass is 401 g/mol. The van der Waals surface area contributed by atoms with Crippen LogP contribution in [0.3, 0.4) is 0 Å². The standard InChI is InChI=1S/C20H23N3O4S/c1-13(2)22-20-23(15(12-28-20)16-7-6-8-27-16)21-11-14-9-18(25-4)19(26-5)10-17(14)24-3/h6-13H,1-5H3. The molecule has 0 N–H and O–H groups in total. The van der Waals surface area contributed by atoms with Crippen molar-refractivity contribution < 1.29 is 18.6 Å². The summed E-state index contributed by atoms with van der Waals surface area (Å²) in [6.45, 7) is 4.05. The molecule has 0 saturated carbocycles. The Labute approximate surface area is 167 Å². The molecule has 0 aliphatic carbocycles. The van der Waals surface area contributed by atoms with Gasteiger partial charge in [0.25, 0.3) is 0 Å². The molecule has 7 nitrogen and oxygen atoms in total. The zero-order valence-corrected chi connectivity index (χ0v) is 17.3. The molecule has 1 aromatic carbocycles. The smallest absolute Gasteiger partial charge is 0.206 e. The molecule has 0 aliphatic rings. The Morgan fingerprint density at radius 2 is 1.79 bits per heavy atom. The minimum atomic E-state index is 0.139. The molecular formula is C20H23N3O4S. The molecule has 0 fully saturated rings. The van der Waals surface area contributed by atoms with Gasteiger partial charge in [0.15, 0.2) is 17.3 Å². The zero-order valence-electron chi connectivity index (χ0n) is 16.5. The van der Waals surface area contributed by atoms with Crippen LogP contribution in [0.1, 0.15) is 19.4 Å². The topological polar surface area (TPSA) is 70.5 Å². The third-order valence-corrected chi connectivity index (χ3v) is 4.71. The first-order chi connectivity index (χ1) is 13.6. The summed E-state index contributed by atoms with van der Waals surface area (Å²) in [5, 5.41) is 6.63. The molecule has 0 saturated heterocycles. The van der Waals surface area contributed by atoms with Gasteiger partial charge in [0.2, 0.25) is 4.80 Å². The van der Waals surface area contributed by atoms with E-state index >= 15 is 0 Å². The first-order valence-electron chi connectivity index (χ1n) is 8.70. The zero-order chi connectivity index (χ0) is 20.1. The summed E-state index contributed by atoms with van der Waals surface area (Å²) in [4.78, 5) is 5.43. The van der Waals surface area contributed by atoms with Gasteiger partial charge >= 0.3 is 0 Å². The Hall–Kier alpha value is -3.00. The van der Waals surface area contributed by atoms with Gasteiger partial charge in [-0.1, -0.05) is 0 Å². The first kappa shape index (κ1) is 19.8. The average molecular weight is 401 g/mol. The van der Waals surface area contributed by atoms with Gasteiger partial charge in [0, 0.05) is 23.1 Å². The van der Waals surface area contributed by atoms with Crippen LogP contribution in [0.5, 0.6) is 17.2 Å².